The zero-order valence-corrected chi connectivity index (χ0v) is 15.2. The van der Waals surface area contributed by atoms with Gasteiger partial charge in [0.25, 0.3) is 5.91 Å². The molecule has 130 valence electrons. The fourth-order valence-electron chi connectivity index (χ4n) is 3.05. The van der Waals surface area contributed by atoms with E-state index in [1.54, 1.807) is 6.92 Å². The van der Waals surface area contributed by atoms with Crippen LogP contribution in [-0.4, -0.2) is 17.6 Å². The molecule has 4 heteroatoms. The van der Waals surface area contributed by atoms with E-state index in [0.29, 0.717) is 5.75 Å². The van der Waals surface area contributed by atoms with Crippen molar-refractivity contribution in [3.63, 3.8) is 0 Å². The summed E-state index contributed by atoms with van der Waals surface area (Å²) in [6.45, 7) is 8.19. The molecule has 1 atom stereocenters. The lowest BCUT2D eigenvalue weighted by Crippen LogP contribution is -2.52. The SMILES string of the molecule is CC(Oc1ccc(C(C)(C)C)cc1)C(=O)NC1(C#N)CCCCC1. The van der Waals surface area contributed by atoms with Gasteiger partial charge in [-0.3, -0.25) is 4.79 Å². The molecule has 0 bridgehead atoms. The van der Waals surface area contributed by atoms with Gasteiger partial charge in [0, 0.05) is 0 Å². The lowest BCUT2D eigenvalue weighted by Gasteiger charge is -2.32. The van der Waals surface area contributed by atoms with Gasteiger partial charge in [0.1, 0.15) is 11.3 Å². The highest BCUT2D eigenvalue weighted by Crippen LogP contribution is 2.28. The number of carbonyl (C=O) groups is 1. The quantitative estimate of drug-likeness (QED) is 0.905. The molecule has 24 heavy (non-hydrogen) atoms. The topological polar surface area (TPSA) is 62.1 Å². The molecular weight excluding hydrogens is 300 g/mol. The Bertz CT molecular complexity index is 602. The van der Waals surface area contributed by atoms with Crippen LogP contribution in [0.2, 0.25) is 0 Å². The Morgan fingerprint density at radius 3 is 2.29 bits per heavy atom. The van der Waals surface area contributed by atoms with E-state index in [1.165, 1.54) is 5.56 Å². The second-order valence-electron chi connectivity index (χ2n) is 7.78. The minimum Gasteiger partial charge on any atom is -0.481 e. The number of nitriles is 1. The van der Waals surface area contributed by atoms with Crippen LogP contribution in [0.1, 0.15) is 65.4 Å². The van der Waals surface area contributed by atoms with Crippen molar-refractivity contribution in [1.82, 2.24) is 5.32 Å². The van der Waals surface area contributed by atoms with E-state index in [2.05, 4.69) is 32.2 Å². The van der Waals surface area contributed by atoms with E-state index in [9.17, 15) is 10.1 Å². The van der Waals surface area contributed by atoms with Crippen molar-refractivity contribution in [2.24, 2.45) is 0 Å². The second kappa shape index (κ2) is 7.25. The Morgan fingerprint density at radius 1 is 1.21 bits per heavy atom. The summed E-state index contributed by atoms with van der Waals surface area (Å²) in [5.41, 5.74) is 0.586. The van der Waals surface area contributed by atoms with Crippen molar-refractivity contribution in [3.05, 3.63) is 29.8 Å². The summed E-state index contributed by atoms with van der Waals surface area (Å²) in [6.07, 6.45) is 3.92. The monoisotopic (exact) mass is 328 g/mol. The van der Waals surface area contributed by atoms with E-state index in [4.69, 9.17) is 4.74 Å². The van der Waals surface area contributed by atoms with Crippen LogP contribution >= 0.6 is 0 Å². The van der Waals surface area contributed by atoms with Crippen LogP contribution < -0.4 is 10.1 Å². The molecule has 1 amide bonds. The molecule has 0 radical (unpaired) electrons. The maximum atomic E-state index is 12.4. The molecule has 1 unspecified atom stereocenters. The van der Waals surface area contributed by atoms with Crippen molar-refractivity contribution >= 4 is 5.91 Å². The molecule has 0 heterocycles. The molecule has 1 aromatic carbocycles. The Hall–Kier alpha value is -2.02. The van der Waals surface area contributed by atoms with Crippen molar-refractivity contribution in [2.75, 3.05) is 0 Å². The van der Waals surface area contributed by atoms with E-state index in [-0.39, 0.29) is 11.3 Å². The molecule has 4 nitrogen and oxygen atoms in total. The van der Waals surface area contributed by atoms with Crippen LogP contribution in [-0.2, 0) is 10.2 Å². The standard InChI is InChI=1S/C20H28N2O2/c1-15(18(23)22-20(14-21)12-6-5-7-13-20)24-17-10-8-16(9-11-17)19(2,3)4/h8-11,15H,5-7,12-13H2,1-4H3,(H,22,23). The molecule has 0 saturated heterocycles. The fraction of sp³-hybridized carbons (Fsp3) is 0.600. The van der Waals surface area contributed by atoms with E-state index < -0.39 is 11.6 Å². The first-order valence-electron chi connectivity index (χ1n) is 8.76. The van der Waals surface area contributed by atoms with Crippen molar-refractivity contribution in [1.29, 1.82) is 5.26 Å². The summed E-state index contributed by atoms with van der Waals surface area (Å²) in [5.74, 6) is 0.443. The zero-order chi connectivity index (χ0) is 17.8. The maximum absolute atomic E-state index is 12.4. The van der Waals surface area contributed by atoms with Gasteiger partial charge in [-0.15, -0.1) is 0 Å². The zero-order valence-electron chi connectivity index (χ0n) is 15.2. The van der Waals surface area contributed by atoms with Crippen LogP contribution in [0.15, 0.2) is 24.3 Å². The average Bonchev–Trinajstić information content (AvgIpc) is 2.55. The van der Waals surface area contributed by atoms with Crippen molar-refractivity contribution in [3.8, 4) is 11.8 Å². The molecule has 0 spiro atoms. The van der Waals surface area contributed by atoms with Gasteiger partial charge < -0.3 is 10.1 Å². The van der Waals surface area contributed by atoms with Crippen LogP contribution in [0.3, 0.4) is 0 Å². The Balaban J connectivity index is 1.97. The summed E-state index contributed by atoms with van der Waals surface area (Å²) in [4.78, 5) is 12.4. The third kappa shape index (κ3) is 4.50. The number of rotatable bonds is 4. The number of ether oxygens (including phenoxy) is 1. The molecule has 2 rings (SSSR count). The van der Waals surface area contributed by atoms with Gasteiger partial charge in [-0.1, -0.05) is 52.2 Å². The largest absolute Gasteiger partial charge is 0.481 e. The highest BCUT2D eigenvalue weighted by molar-refractivity contribution is 5.82. The van der Waals surface area contributed by atoms with Gasteiger partial charge in [0.15, 0.2) is 6.10 Å². The summed E-state index contributed by atoms with van der Waals surface area (Å²) in [7, 11) is 0. The molecule has 0 aliphatic heterocycles. The van der Waals surface area contributed by atoms with Gasteiger partial charge in [-0.25, -0.2) is 0 Å². The molecular formula is C20H28N2O2. The highest BCUT2D eigenvalue weighted by Gasteiger charge is 2.35. The second-order valence-corrected chi connectivity index (χ2v) is 7.78. The molecule has 1 aliphatic carbocycles. The normalized spacial score (nSPS) is 18.3. The number of hydrogen-bond donors (Lipinski definition) is 1. The van der Waals surface area contributed by atoms with E-state index in [0.717, 1.165) is 32.1 Å². The molecule has 1 fully saturated rings. The summed E-state index contributed by atoms with van der Waals surface area (Å²) in [6, 6.07) is 10.1. The van der Waals surface area contributed by atoms with Gasteiger partial charge in [0.05, 0.1) is 6.07 Å². The molecule has 1 N–H and O–H groups in total. The number of amides is 1. The van der Waals surface area contributed by atoms with Gasteiger partial charge in [0.2, 0.25) is 0 Å². The van der Waals surface area contributed by atoms with Crippen LogP contribution in [0.4, 0.5) is 0 Å². The van der Waals surface area contributed by atoms with Gasteiger partial charge in [-0.2, -0.15) is 5.26 Å². The predicted octanol–water partition coefficient (Wildman–Crippen LogP) is 4.09. The number of nitrogens with zero attached hydrogens (tertiary/aromatic N) is 1. The van der Waals surface area contributed by atoms with Crippen LogP contribution in [0.25, 0.3) is 0 Å². The van der Waals surface area contributed by atoms with E-state index in [1.807, 2.05) is 24.3 Å². The fourth-order valence-corrected chi connectivity index (χ4v) is 3.05. The third-order valence-corrected chi connectivity index (χ3v) is 4.69. The molecule has 1 aromatic rings. The lowest BCUT2D eigenvalue weighted by molar-refractivity contribution is -0.129. The average molecular weight is 328 g/mol. The van der Waals surface area contributed by atoms with Crippen molar-refractivity contribution < 1.29 is 9.53 Å². The first kappa shape index (κ1) is 18.3. The number of carbonyl (C=O) groups excluding carboxylic acids is 1. The Morgan fingerprint density at radius 2 is 1.79 bits per heavy atom. The summed E-state index contributed by atoms with van der Waals surface area (Å²) >= 11 is 0. The van der Waals surface area contributed by atoms with Crippen LogP contribution in [0, 0.1) is 11.3 Å². The Kier molecular flexibility index (Phi) is 5.54. The van der Waals surface area contributed by atoms with Gasteiger partial charge >= 0.3 is 0 Å². The van der Waals surface area contributed by atoms with E-state index >= 15 is 0 Å². The lowest BCUT2D eigenvalue weighted by atomic mass is 9.83. The maximum Gasteiger partial charge on any atom is 0.262 e. The van der Waals surface area contributed by atoms with Gasteiger partial charge in [-0.05, 0) is 42.9 Å². The first-order valence-corrected chi connectivity index (χ1v) is 8.76. The first-order chi connectivity index (χ1) is 11.3. The predicted molar refractivity (Wildman–Crippen MR) is 94.8 cm³/mol. The molecule has 1 saturated carbocycles. The number of benzene rings is 1. The van der Waals surface area contributed by atoms with Crippen molar-refractivity contribution in [2.45, 2.75) is 76.9 Å². The highest BCUT2D eigenvalue weighted by atomic mass is 16.5. The minimum absolute atomic E-state index is 0.0850. The summed E-state index contributed by atoms with van der Waals surface area (Å²) < 4.78 is 5.75. The molecule has 0 aromatic heterocycles. The van der Waals surface area contributed by atoms with Crippen LogP contribution in [0.5, 0.6) is 5.75 Å². The smallest absolute Gasteiger partial charge is 0.262 e. The third-order valence-electron chi connectivity index (χ3n) is 4.69. The number of nitrogens with one attached hydrogen (secondary N) is 1. The minimum atomic E-state index is -0.719. The molecule has 1 aliphatic rings. The summed E-state index contributed by atoms with van der Waals surface area (Å²) in [5, 5.41) is 12.4. The Labute approximate surface area is 145 Å². The number of hydrogen-bond acceptors (Lipinski definition) is 3.